The Labute approximate surface area is 165 Å². The molecule has 1 aliphatic rings. The van der Waals surface area contributed by atoms with Crippen molar-refractivity contribution in [3.05, 3.63) is 71.8 Å². The van der Waals surface area contributed by atoms with Gasteiger partial charge in [0.2, 0.25) is 0 Å². The van der Waals surface area contributed by atoms with E-state index in [0.29, 0.717) is 5.75 Å². The standard InChI is InChI=1S/C22H23FN2O.ClH/c1-16-2-4-17(5-3-16)15-25-10-7-20(8-11-25)26-22-13-18-6-9-24-14-19(18)12-21(22)23;/h2-6,9,12-14,20H,7-8,10-11,15H2,1H3;1H. The third-order valence-corrected chi connectivity index (χ3v) is 5.05. The number of ether oxygens (including phenoxy) is 1. The fourth-order valence-corrected chi connectivity index (χ4v) is 3.49. The Bertz CT molecular complexity index is 892. The molecule has 0 spiro atoms. The lowest BCUT2D eigenvalue weighted by atomic mass is 10.1. The number of rotatable bonds is 4. The van der Waals surface area contributed by atoms with Crippen molar-refractivity contribution >= 4 is 23.2 Å². The van der Waals surface area contributed by atoms with Crippen LogP contribution in [0.1, 0.15) is 24.0 Å². The van der Waals surface area contributed by atoms with Gasteiger partial charge in [0.1, 0.15) is 6.10 Å². The van der Waals surface area contributed by atoms with Crippen LogP contribution < -0.4 is 4.74 Å². The van der Waals surface area contributed by atoms with Crippen LogP contribution in [-0.4, -0.2) is 29.1 Å². The molecule has 3 nitrogen and oxygen atoms in total. The molecule has 0 unspecified atom stereocenters. The molecule has 2 aromatic carbocycles. The Balaban J connectivity index is 0.00000210. The van der Waals surface area contributed by atoms with Crippen LogP contribution in [0.3, 0.4) is 0 Å². The number of halogens is 2. The highest BCUT2D eigenvalue weighted by Crippen LogP contribution is 2.27. The van der Waals surface area contributed by atoms with E-state index in [1.807, 2.05) is 6.07 Å². The van der Waals surface area contributed by atoms with E-state index in [-0.39, 0.29) is 24.3 Å². The van der Waals surface area contributed by atoms with Crippen molar-refractivity contribution < 1.29 is 9.13 Å². The average Bonchev–Trinajstić information content (AvgIpc) is 2.66. The van der Waals surface area contributed by atoms with Crippen LogP contribution in [0.2, 0.25) is 0 Å². The first kappa shape index (κ1) is 19.6. The van der Waals surface area contributed by atoms with Gasteiger partial charge in [-0.25, -0.2) is 4.39 Å². The van der Waals surface area contributed by atoms with Crippen LogP contribution in [0.4, 0.5) is 4.39 Å². The second-order valence-corrected chi connectivity index (χ2v) is 7.08. The summed E-state index contributed by atoms with van der Waals surface area (Å²) in [7, 11) is 0. The summed E-state index contributed by atoms with van der Waals surface area (Å²) in [6.07, 6.45) is 5.29. The second-order valence-electron chi connectivity index (χ2n) is 7.08. The maximum atomic E-state index is 14.3. The highest BCUT2D eigenvalue weighted by Gasteiger charge is 2.21. The van der Waals surface area contributed by atoms with E-state index in [1.54, 1.807) is 18.5 Å². The number of fused-ring (bicyclic) bond motifs is 1. The van der Waals surface area contributed by atoms with Gasteiger partial charge in [0, 0.05) is 37.4 Å². The molecule has 0 radical (unpaired) electrons. The molecule has 1 saturated heterocycles. The van der Waals surface area contributed by atoms with E-state index >= 15 is 0 Å². The van der Waals surface area contributed by atoms with Crippen molar-refractivity contribution in [2.75, 3.05) is 13.1 Å². The van der Waals surface area contributed by atoms with Crippen molar-refractivity contribution in [2.45, 2.75) is 32.4 Å². The lowest BCUT2D eigenvalue weighted by molar-refractivity contribution is 0.0937. The minimum atomic E-state index is -0.312. The highest BCUT2D eigenvalue weighted by atomic mass is 35.5. The Morgan fingerprint density at radius 2 is 1.81 bits per heavy atom. The molecule has 0 amide bonds. The van der Waals surface area contributed by atoms with E-state index < -0.39 is 0 Å². The van der Waals surface area contributed by atoms with E-state index in [9.17, 15) is 4.39 Å². The zero-order valence-corrected chi connectivity index (χ0v) is 16.2. The third kappa shape index (κ3) is 4.76. The van der Waals surface area contributed by atoms with Gasteiger partial charge < -0.3 is 4.74 Å². The fourth-order valence-electron chi connectivity index (χ4n) is 3.49. The van der Waals surface area contributed by atoms with E-state index in [1.165, 1.54) is 17.2 Å². The SMILES string of the molecule is Cc1ccc(CN2CCC(Oc3cc4ccncc4cc3F)CC2)cc1.Cl. The van der Waals surface area contributed by atoms with Crippen molar-refractivity contribution in [1.82, 2.24) is 9.88 Å². The maximum absolute atomic E-state index is 14.3. The zero-order chi connectivity index (χ0) is 17.9. The first-order valence-electron chi connectivity index (χ1n) is 9.15. The molecular weight excluding hydrogens is 363 g/mol. The second kappa shape index (κ2) is 8.68. The van der Waals surface area contributed by atoms with Crippen LogP contribution in [0.5, 0.6) is 5.75 Å². The number of aromatic nitrogens is 1. The molecule has 1 aromatic heterocycles. The summed E-state index contributed by atoms with van der Waals surface area (Å²) >= 11 is 0. The number of hydrogen-bond acceptors (Lipinski definition) is 3. The quantitative estimate of drug-likeness (QED) is 0.620. The predicted octanol–water partition coefficient (Wildman–Crippen LogP) is 5.15. The predicted molar refractivity (Wildman–Crippen MR) is 109 cm³/mol. The topological polar surface area (TPSA) is 25.4 Å². The molecule has 142 valence electrons. The van der Waals surface area contributed by atoms with Crippen molar-refractivity contribution in [2.24, 2.45) is 0 Å². The largest absolute Gasteiger partial charge is 0.487 e. The molecule has 3 aromatic rings. The maximum Gasteiger partial charge on any atom is 0.165 e. The summed E-state index contributed by atoms with van der Waals surface area (Å²) in [5, 5.41) is 1.75. The number of aryl methyl sites for hydroxylation is 1. The van der Waals surface area contributed by atoms with Gasteiger partial charge in [0.15, 0.2) is 11.6 Å². The zero-order valence-electron chi connectivity index (χ0n) is 15.4. The Hall–Kier alpha value is -2.17. The van der Waals surface area contributed by atoms with Gasteiger partial charge in [-0.3, -0.25) is 9.88 Å². The van der Waals surface area contributed by atoms with Crippen molar-refractivity contribution in [3.8, 4) is 5.75 Å². The van der Waals surface area contributed by atoms with Gasteiger partial charge >= 0.3 is 0 Å². The summed E-state index contributed by atoms with van der Waals surface area (Å²) in [6.45, 7) is 5.01. The summed E-state index contributed by atoms with van der Waals surface area (Å²) in [5.74, 6) is 0.0354. The molecule has 27 heavy (non-hydrogen) atoms. The Kier molecular flexibility index (Phi) is 6.30. The van der Waals surface area contributed by atoms with Gasteiger partial charge in [-0.1, -0.05) is 29.8 Å². The minimum absolute atomic E-state index is 0. The smallest absolute Gasteiger partial charge is 0.165 e. The normalized spacial score (nSPS) is 15.5. The molecule has 5 heteroatoms. The number of pyridine rings is 1. The molecule has 0 N–H and O–H groups in total. The lowest BCUT2D eigenvalue weighted by Crippen LogP contribution is -2.37. The number of benzene rings is 2. The Morgan fingerprint density at radius 3 is 2.56 bits per heavy atom. The first-order chi connectivity index (χ1) is 12.7. The number of piperidine rings is 1. The van der Waals surface area contributed by atoms with Crippen LogP contribution in [0, 0.1) is 12.7 Å². The fraction of sp³-hybridized carbons (Fsp3) is 0.318. The first-order valence-corrected chi connectivity index (χ1v) is 9.15. The summed E-state index contributed by atoms with van der Waals surface area (Å²) in [5.41, 5.74) is 2.62. The highest BCUT2D eigenvalue weighted by molar-refractivity contribution is 5.85. The lowest BCUT2D eigenvalue weighted by Gasteiger charge is -2.32. The number of hydrogen-bond donors (Lipinski definition) is 0. The molecule has 0 atom stereocenters. The van der Waals surface area contributed by atoms with Crippen LogP contribution in [0.15, 0.2) is 54.9 Å². The minimum Gasteiger partial charge on any atom is -0.487 e. The average molecular weight is 387 g/mol. The van der Waals surface area contributed by atoms with E-state index in [2.05, 4.69) is 41.1 Å². The van der Waals surface area contributed by atoms with Crippen molar-refractivity contribution in [1.29, 1.82) is 0 Å². The van der Waals surface area contributed by atoms with E-state index in [4.69, 9.17) is 4.74 Å². The van der Waals surface area contributed by atoms with Gasteiger partial charge in [-0.15, -0.1) is 12.4 Å². The van der Waals surface area contributed by atoms with Gasteiger partial charge in [-0.2, -0.15) is 0 Å². The van der Waals surface area contributed by atoms with Gasteiger partial charge in [-0.05, 0) is 48.9 Å². The molecule has 1 aliphatic heterocycles. The van der Waals surface area contributed by atoms with Gasteiger partial charge in [0.25, 0.3) is 0 Å². The van der Waals surface area contributed by atoms with Crippen LogP contribution in [0.25, 0.3) is 10.8 Å². The molecule has 0 saturated carbocycles. The third-order valence-electron chi connectivity index (χ3n) is 5.05. The monoisotopic (exact) mass is 386 g/mol. The molecule has 0 bridgehead atoms. The van der Waals surface area contributed by atoms with Gasteiger partial charge in [0.05, 0.1) is 0 Å². The van der Waals surface area contributed by atoms with E-state index in [0.717, 1.165) is 43.2 Å². The number of likely N-dealkylation sites (tertiary alicyclic amines) is 1. The Morgan fingerprint density at radius 1 is 1.07 bits per heavy atom. The summed E-state index contributed by atoms with van der Waals surface area (Å²) < 4.78 is 20.3. The summed E-state index contributed by atoms with van der Waals surface area (Å²) in [4.78, 5) is 6.47. The molecule has 0 aliphatic carbocycles. The van der Waals surface area contributed by atoms with Crippen LogP contribution >= 0.6 is 12.4 Å². The van der Waals surface area contributed by atoms with Crippen LogP contribution in [-0.2, 0) is 6.54 Å². The molecular formula is C22H24ClFN2O. The summed E-state index contributed by atoms with van der Waals surface area (Å²) in [6, 6.07) is 13.9. The number of nitrogens with zero attached hydrogens (tertiary/aromatic N) is 2. The molecule has 2 heterocycles. The molecule has 1 fully saturated rings. The molecule has 4 rings (SSSR count). The van der Waals surface area contributed by atoms with Crippen molar-refractivity contribution in [3.63, 3.8) is 0 Å².